The first-order valence-corrected chi connectivity index (χ1v) is 27.9. The fraction of sp³-hybridized carbons (Fsp3) is 0.929. The van der Waals surface area contributed by atoms with Crippen molar-refractivity contribution in [3.63, 3.8) is 0 Å². The summed E-state index contributed by atoms with van der Waals surface area (Å²) >= 11 is 0. The highest BCUT2D eigenvalue weighted by Gasteiger charge is 2.20. The van der Waals surface area contributed by atoms with E-state index in [4.69, 9.17) is 4.74 Å². The fourth-order valence-electron chi connectivity index (χ4n) is 8.75. The average molecular weight is 876 g/mol. The summed E-state index contributed by atoms with van der Waals surface area (Å²) in [6.45, 7) is 4.93. The van der Waals surface area contributed by atoms with Gasteiger partial charge in [0, 0.05) is 12.8 Å². The monoisotopic (exact) mass is 876 g/mol. The van der Waals surface area contributed by atoms with Gasteiger partial charge in [0.1, 0.15) is 0 Å². The van der Waals surface area contributed by atoms with Crippen molar-refractivity contribution in [1.82, 2.24) is 5.32 Å². The molecule has 0 bridgehead atoms. The van der Waals surface area contributed by atoms with E-state index < -0.39 is 12.1 Å². The van der Waals surface area contributed by atoms with Gasteiger partial charge in [0.25, 0.3) is 0 Å². The lowest BCUT2D eigenvalue weighted by Crippen LogP contribution is -2.45. The summed E-state index contributed by atoms with van der Waals surface area (Å²) in [6, 6.07) is -0.549. The lowest BCUT2D eigenvalue weighted by Gasteiger charge is -2.22. The Balaban J connectivity index is 3.44. The van der Waals surface area contributed by atoms with Crippen LogP contribution >= 0.6 is 0 Å². The molecule has 368 valence electrons. The van der Waals surface area contributed by atoms with Crippen LogP contribution in [0, 0.1) is 0 Å². The molecule has 62 heavy (non-hydrogen) atoms. The van der Waals surface area contributed by atoms with E-state index in [0.29, 0.717) is 25.9 Å². The Morgan fingerprint density at radius 1 is 0.435 bits per heavy atom. The van der Waals surface area contributed by atoms with E-state index in [0.717, 1.165) is 51.4 Å². The Hall–Kier alpha value is -1.40. The second-order valence-corrected chi connectivity index (χ2v) is 19.3. The third kappa shape index (κ3) is 48.1. The summed E-state index contributed by atoms with van der Waals surface area (Å²) in [7, 11) is 0. The van der Waals surface area contributed by atoms with Crippen LogP contribution in [-0.2, 0) is 14.3 Å². The molecule has 0 fully saturated rings. The highest BCUT2D eigenvalue weighted by molar-refractivity contribution is 5.76. The van der Waals surface area contributed by atoms with Gasteiger partial charge in [-0.25, -0.2) is 0 Å². The van der Waals surface area contributed by atoms with Gasteiger partial charge >= 0.3 is 5.97 Å². The van der Waals surface area contributed by atoms with Gasteiger partial charge in [0.15, 0.2) is 0 Å². The highest BCUT2D eigenvalue weighted by atomic mass is 16.5. The molecule has 0 aromatic heterocycles. The molecule has 2 unspecified atom stereocenters. The van der Waals surface area contributed by atoms with E-state index in [1.165, 1.54) is 225 Å². The summed E-state index contributed by atoms with van der Waals surface area (Å²) in [5.74, 6) is -0.0540. The Morgan fingerprint density at radius 2 is 0.758 bits per heavy atom. The number of aliphatic hydroxyl groups excluding tert-OH is 2. The van der Waals surface area contributed by atoms with Crippen molar-refractivity contribution < 1.29 is 24.5 Å². The maximum atomic E-state index is 12.5. The van der Waals surface area contributed by atoms with Crippen molar-refractivity contribution in [1.29, 1.82) is 0 Å². The van der Waals surface area contributed by atoms with Crippen LogP contribution in [0.5, 0.6) is 0 Å². The number of aliphatic hydroxyl groups is 2. The molecule has 6 heteroatoms. The Kier molecular flexibility index (Phi) is 51.0. The number of nitrogens with one attached hydrogen (secondary N) is 1. The molecular weight excluding hydrogens is 767 g/mol. The molecule has 0 radical (unpaired) electrons. The zero-order chi connectivity index (χ0) is 45.1. The Bertz CT molecular complexity index is 924. The number of rotatable bonds is 52. The van der Waals surface area contributed by atoms with Gasteiger partial charge in [0.05, 0.1) is 25.4 Å². The third-order valence-corrected chi connectivity index (χ3v) is 13.1. The molecule has 0 aromatic rings. The normalized spacial score (nSPS) is 12.6. The van der Waals surface area contributed by atoms with Crippen LogP contribution in [-0.4, -0.2) is 47.4 Å². The van der Waals surface area contributed by atoms with Gasteiger partial charge in [-0.2, -0.15) is 0 Å². The van der Waals surface area contributed by atoms with Crippen LogP contribution in [0.3, 0.4) is 0 Å². The standard InChI is InChI=1S/C56H109NO5/c1-3-5-7-9-11-13-15-17-18-19-20-21-25-28-32-36-40-44-48-54(59)53(52-58)57-55(60)49-45-41-37-33-29-26-22-23-27-31-35-39-43-47-51-62-56(61)50-46-42-38-34-30-24-16-14-12-10-8-6-4-2/h14,16,53-54,58-59H,3-13,15,17-52H2,1-2H3,(H,57,60)/b16-14-. The van der Waals surface area contributed by atoms with Crippen LogP contribution < -0.4 is 5.32 Å². The molecule has 0 saturated carbocycles. The molecule has 6 nitrogen and oxygen atoms in total. The van der Waals surface area contributed by atoms with Crippen molar-refractivity contribution in [2.75, 3.05) is 13.2 Å². The molecule has 0 aliphatic heterocycles. The number of amides is 1. The summed E-state index contributed by atoms with van der Waals surface area (Å²) in [5, 5.41) is 23.3. The Morgan fingerprint density at radius 3 is 1.16 bits per heavy atom. The molecule has 2 atom stereocenters. The van der Waals surface area contributed by atoms with Gasteiger partial charge in [-0.1, -0.05) is 257 Å². The maximum Gasteiger partial charge on any atom is 0.305 e. The number of unbranched alkanes of at least 4 members (excludes halogenated alkanes) is 39. The molecule has 3 N–H and O–H groups in total. The molecule has 0 heterocycles. The molecule has 0 aromatic carbocycles. The van der Waals surface area contributed by atoms with Gasteiger partial charge in [-0.3, -0.25) is 9.59 Å². The van der Waals surface area contributed by atoms with Crippen molar-refractivity contribution in [2.24, 2.45) is 0 Å². The number of carbonyl (C=O) groups is 2. The van der Waals surface area contributed by atoms with Crippen molar-refractivity contribution in [3.8, 4) is 0 Å². The molecule has 0 aliphatic carbocycles. The van der Waals surface area contributed by atoms with Crippen molar-refractivity contribution in [3.05, 3.63) is 12.2 Å². The van der Waals surface area contributed by atoms with Gasteiger partial charge < -0.3 is 20.3 Å². The van der Waals surface area contributed by atoms with Crippen LogP contribution in [0.25, 0.3) is 0 Å². The van der Waals surface area contributed by atoms with Gasteiger partial charge in [-0.05, 0) is 51.4 Å². The van der Waals surface area contributed by atoms with E-state index in [-0.39, 0.29) is 18.5 Å². The number of hydrogen-bond acceptors (Lipinski definition) is 5. The largest absolute Gasteiger partial charge is 0.466 e. The molecule has 0 rings (SSSR count). The van der Waals surface area contributed by atoms with E-state index in [9.17, 15) is 19.8 Å². The van der Waals surface area contributed by atoms with E-state index in [1.807, 2.05) is 0 Å². The van der Waals surface area contributed by atoms with Crippen LogP contribution in [0.4, 0.5) is 0 Å². The quantitative estimate of drug-likeness (QED) is 0.0321. The first kappa shape index (κ1) is 60.6. The fourth-order valence-corrected chi connectivity index (χ4v) is 8.75. The second kappa shape index (κ2) is 52.2. The summed E-state index contributed by atoms with van der Waals surface area (Å²) < 4.78 is 5.46. The predicted molar refractivity (Wildman–Crippen MR) is 269 cm³/mol. The third-order valence-electron chi connectivity index (χ3n) is 13.1. The highest BCUT2D eigenvalue weighted by Crippen LogP contribution is 2.17. The lowest BCUT2D eigenvalue weighted by atomic mass is 10.0. The second-order valence-electron chi connectivity index (χ2n) is 19.3. The van der Waals surface area contributed by atoms with Gasteiger partial charge in [-0.15, -0.1) is 0 Å². The Labute approximate surface area is 387 Å². The van der Waals surface area contributed by atoms with Crippen LogP contribution in [0.2, 0.25) is 0 Å². The van der Waals surface area contributed by atoms with Crippen molar-refractivity contribution in [2.45, 2.75) is 321 Å². The molecule has 1 amide bonds. The molecule has 0 aliphatic rings. The first-order chi connectivity index (χ1) is 30.5. The minimum atomic E-state index is -0.671. The summed E-state index contributed by atoms with van der Waals surface area (Å²) in [5.41, 5.74) is 0. The summed E-state index contributed by atoms with van der Waals surface area (Å²) in [4.78, 5) is 24.5. The zero-order valence-electron chi connectivity index (χ0n) is 41.9. The SMILES string of the molecule is CCCCCC/C=C\CCCCCCCC(=O)OCCCCCCCCCCCCCCCCC(=O)NC(CO)C(O)CCCCCCCCCCCCCCCCCCCC. The maximum absolute atomic E-state index is 12.5. The van der Waals surface area contributed by atoms with Crippen molar-refractivity contribution >= 4 is 11.9 Å². The van der Waals surface area contributed by atoms with E-state index >= 15 is 0 Å². The number of esters is 1. The number of hydrogen-bond donors (Lipinski definition) is 3. The number of allylic oxidation sites excluding steroid dienone is 2. The lowest BCUT2D eigenvalue weighted by molar-refractivity contribution is -0.143. The zero-order valence-corrected chi connectivity index (χ0v) is 41.9. The van der Waals surface area contributed by atoms with Crippen LogP contribution in [0.1, 0.15) is 309 Å². The topological polar surface area (TPSA) is 95.9 Å². The number of carbonyl (C=O) groups excluding carboxylic acids is 2. The van der Waals surface area contributed by atoms with E-state index in [2.05, 4.69) is 31.3 Å². The van der Waals surface area contributed by atoms with Crippen LogP contribution in [0.15, 0.2) is 12.2 Å². The van der Waals surface area contributed by atoms with Gasteiger partial charge in [0.2, 0.25) is 5.91 Å². The average Bonchev–Trinajstić information content (AvgIpc) is 3.27. The first-order valence-electron chi connectivity index (χ1n) is 27.9. The number of ether oxygens (including phenoxy) is 1. The summed E-state index contributed by atoms with van der Waals surface area (Å²) in [6.07, 6.45) is 60.4. The molecule has 0 saturated heterocycles. The minimum absolute atomic E-state index is 0.0107. The minimum Gasteiger partial charge on any atom is -0.466 e. The van der Waals surface area contributed by atoms with E-state index in [1.54, 1.807) is 0 Å². The predicted octanol–water partition coefficient (Wildman–Crippen LogP) is 16.9. The smallest absolute Gasteiger partial charge is 0.305 e. The molecule has 0 spiro atoms. The molecular formula is C56H109NO5.